The minimum atomic E-state index is -0.391. The largest absolute Gasteiger partial charge is 0.497 e. The Kier molecular flexibility index (Phi) is 5.35. The molecule has 0 fully saturated rings. The number of ether oxygens (including phenoxy) is 1. The predicted molar refractivity (Wildman–Crippen MR) is 104 cm³/mol. The number of para-hydroxylation sites is 1. The second-order valence-corrected chi connectivity index (χ2v) is 6.40. The van der Waals surface area contributed by atoms with Crippen LogP contribution in [0.15, 0.2) is 54.6 Å². The van der Waals surface area contributed by atoms with E-state index >= 15 is 0 Å². The summed E-state index contributed by atoms with van der Waals surface area (Å²) in [5.41, 5.74) is 7.59. The molecule has 0 atom stereocenters. The van der Waals surface area contributed by atoms with Crippen LogP contribution in [0.3, 0.4) is 0 Å². The SMILES string of the molecule is COc1ccc(-c2cc(C(=O)NNC(=O)C(C)C)c3ccccc3n2)cc1. The van der Waals surface area contributed by atoms with Gasteiger partial charge in [0.1, 0.15) is 5.75 Å². The Morgan fingerprint density at radius 1 is 1.00 bits per heavy atom. The second-order valence-electron chi connectivity index (χ2n) is 6.40. The fourth-order valence-electron chi connectivity index (χ4n) is 2.60. The maximum absolute atomic E-state index is 12.7. The number of benzene rings is 2. The third kappa shape index (κ3) is 4.06. The number of rotatable bonds is 4. The van der Waals surface area contributed by atoms with Gasteiger partial charge in [0.15, 0.2) is 0 Å². The Bertz CT molecular complexity index is 982. The first-order chi connectivity index (χ1) is 13.0. The number of amides is 2. The van der Waals surface area contributed by atoms with Crippen molar-refractivity contribution in [2.45, 2.75) is 13.8 Å². The van der Waals surface area contributed by atoms with Gasteiger partial charge < -0.3 is 4.74 Å². The maximum Gasteiger partial charge on any atom is 0.270 e. The van der Waals surface area contributed by atoms with Gasteiger partial charge in [-0.25, -0.2) is 4.98 Å². The van der Waals surface area contributed by atoms with E-state index in [0.29, 0.717) is 22.2 Å². The van der Waals surface area contributed by atoms with Crippen LogP contribution in [0.2, 0.25) is 0 Å². The van der Waals surface area contributed by atoms with E-state index in [1.54, 1.807) is 27.0 Å². The molecule has 0 aliphatic carbocycles. The number of aromatic nitrogens is 1. The van der Waals surface area contributed by atoms with E-state index in [1.807, 2.05) is 48.5 Å². The number of hydrazine groups is 1. The molecule has 2 N–H and O–H groups in total. The first-order valence-electron chi connectivity index (χ1n) is 8.64. The van der Waals surface area contributed by atoms with Gasteiger partial charge >= 0.3 is 0 Å². The number of nitrogens with one attached hydrogen (secondary N) is 2. The normalized spacial score (nSPS) is 10.7. The topological polar surface area (TPSA) is 80.3 Å². The lowest BCUT2D eigenvalue weighted by Gasteiger charge is -2.12. The number of methoxy groups -OCH3 is 1. The van der Waals surface area contributed by atoms with Gasteiger partial charge in [0.05, 0.1) is 23.9 Å². The van der Waals surface area contributed by atoms with Crippen molar-refractivity contribution in [2.75, 3.05) is 7.11 Å². The third-order valence-electron chi connectivity index (χ3n) is 4.17. The van der Waals surface area contributed by atoms with E-state index in [4.69, 9.17) is 4.74 Å². The lowest BCUT2D eigenvalue weighted by atomic mass is 10.0. The molecule has 3 rings (SSSR count). The number of nitrogens with zero attached hydrogens (tertiary/aromatic N) is 1. The quantitative estimate of drug-likeness (QED) is 0.697. The molecule has 0 saturated carbocycles. The highest BCUT2D eigenvalue weighted by Crippen LogP contribution is 2.26. The summed E-state index contributed by atoms with van der Waals surface area (Å²) in [6.07, 6.45) is 0. The molecule has 27 heavy (non-hydrogen) atoms. The summed E-state index contributed by atoms with van der Waals surface area (Å²) in [5.74, 6) is -0.127. The molecule has 0 saturated heterocycles. The van der Waals surface area contributed by atoms with Crippen LogP contribution in [0.25, 0.3) is 22.2 Å². The van der Waals surface area contributed by atoms with E-state index < -0.39 is 5.91 Å². The van der Waals surface area contributed by atoms with Crippen LogP contribution < -0.4 is 15.6 Å². The van der Waals surface area contributed by atoms with Gasteiger partial charge in [0, 0.05) is 16.9 Å². The van der Waals surface area contributed by atoms with Crippen molar-refractivity contribution in [1.82, 2.24) is 15.8 Å². The molecule has 3 aromatic rings. The van der Waals surface area contributed by atoms with Gasteiger partial charge in [-0.2, -0.15) is 0 Å². The fraction of sp³-hybridized carbons (Fsp3) is 0.190. The first-order valence-corrected chi connectivity index (χ1v) is 8.64. The van der Waals surface area contributed by atoms with Crippen molar-refractivity contribution in [2.24, 2.45) is 5.92 Å². The lowest BCUT2D eigenvalue weighted by molar-refractivity contribution is -0.124. The standard InChI is InChI=1S/C21H21N3O3/c1-13(2)20(25)23-24-21(26)17-12-19(14-8-10-15(27-3)11-9-14)22-18-7-5-4-6-16(17)18/h4-13H,1-3H3,(H,23,25)(H,24,26). The summed E-state index contributed by atoms with van der Waals surface area (Å²) in [4.78, 5) is 29.1. The van der Waals surface area contributed by atoms with E-state index in [9.17, 15) is 9.59 Å². The minimum absolute atomic E-state index is 0.227. The average molecular weight is 363 g/mol. The molecule has 0 aliphatic heterocycles. The predicted octanol–water partition coefficient (Wildman–Crippen LogP) is 3.33. The Morgan fingerprint density at radius 2 is 1.70 bits per heavy atom. The van der Waals surface area contributed by atoms with Crippen LogP contribution in [-0.4, -0.2) is 23.9 Å². The zero-order chi connectivity index (χ0) is 19.4. The summed E-state index contributed by atoms with van der Waals surface area (Å²) < 4.78 is 5.19. The maximum atomic E-state index is 12.7. The second kappa shape index (κ2) is 7.86. The molecule has 6 nitrogen and oxygen atoms in total. The Morgan fingerprint density at radius 3 is 2.37 bits per heavy atom. The number of carbonyl (C=O) groups excluding carboxylic acids is 2. The third-order valence-corrected chi connectivity index (χ3v) is 4.17. The highest BCUT2D eigenvalue weighted by atomic mass is 16.5. The minimum Gasteiger partial charge on any atom is -0.497 e. The number of fused-ring (bicyclic) bond motifs is 1. The molecule has 2 aromatic carbocycles. The molecule has 1 aromatic heterocycles. The Labute approximate surface area is 157 Å². The van der Waals surface area contributed by atoms with Crippen molar-refractivity contribution >= 4 is 22.7 Å². The molecule has 0 unspecified atom stereocenters. The van der Waals surface area contributed by atoms with Crippen molar-refractivity contribution in [3.05, 3.63) is 60.2 Å². The van der Waals surface area contributed by atoms with Crippen molar-refractivity contribution in [3.8, 4) is 17.0 Å². The van der Waals surface area contributed by atoms with Crippen LogP contribution in [0, 0.1) is 5.92 Å². The first kappa shape index (κ1) is 18.4. The highest BCUT2D eigenvalue weighted by molar-refractivity contribution is 6.07. The zero-order valence-corrected chi connectivity index (χ0v) is 15.4. The molecule has 1 heterocycles. The fourth-order valence-corrected chi connectivity index (χ4v) is 2.60. The summed E-state index contributed by atoms with van der Waals surface area (Å²) >= 11 is 0. The van der Waals surface area contributed by atoms with Crippen molar-refractivity contribution < 1.29 is 14.3 Å². The summed E-state index contributed by atoms with van der Waals surface area (Å²) in [7, 11) is 1.61. The molecule has 0 bridgehead atoms. The van der Waals surface area contributed by atoms with Crippen LogP contribution >= 0.6 is 0 Å². The highest BCUT2D eigenvalue weighted by Gasteiger charge is 2.15. The molecular weight excluding hydrogens is 342 g/mol. The molecule has 0 radical (unpaired) electrons. The molecule has 138 valence electrons. The summed E-state index contributed by atoms with van der Waals surface area (Å²) in [6.45, 7) is 3.51. The van der Waals surface area contributed by atoms with Crippen LogP contribution in [0.5, 0.6) is 5.75 Å². The van der Waals surface area contributed by atoms with Crippen LogP contribution in [-0.2, 0) is 4.79 Å². The number of hydrogen-bond donors (Lipinski definition) is 2. The van der Waals surface area contributed by atoms with Gasteiger partial charge in [-0.1, -0.05) is 32.0 Å². The molecule has 2 amide bonds. The van der Waals surface area contributed by atoms with Gasteiger partial charge in [0.25, 0.3) is 5.91 Å². The smallest absolute Gasteiger partial charge is 0.270 e. The monoisotopic (exact) mass is 363 g/mol. The van der Waals surface area contributed by atoms with Crippen molar-refractivity contribution in [3.63, 3.8) is 0 Å². The van der Waals surface area contributed by atoms with Crippen LogP contribution in [0.4, 0.5) is 0 Å². The number of carbonyl (C=O) groups is 2. The average Bonchev–Trinajstić information content (AvgIpc) is 2.70. The molecular formula is C21H21N3O3. The van der Waals surface area contributed by atoms with Gasteiger partial charge in [-0.3, -0.25) is 20.4 Å². The Balaban J connectivity index is 2.00. The molecule has 6 heteroatoms. The van der Waals surface area contributed by atoms with Crippen molar-refractivity contribution in [1.29, 1.82) is 0 Å². The van der Waals surface area contributed by atoms with E-state index in [2.05, 4.69) is 15.8 Å². The van der Waals surface area contributed by atoms with Crippen LogP contribution in [0.1, 0.15) is 24.2 Å². The van der Waals surface area contributed by atoms with Gasteiger partial charge in [-0.15, -0.1) is 0 Å². The lowest BCUT2D eigenvalue weighted by Crippen LogP contribution is -2.43. The number of hydrogen-bond acceptors (Lipinski definition) is 4. The summed E-state index contributed by atoms with van der Waals surface area (Å²) in [5, 5.41) is 0.714. The molecule has 0 aliphatic rings. The Hall–Kier alpha value is -3.41. The number of pyridine rings is 1. The van der Waals surface area contributed by atoms with Gasteiger partial charge in [-0.05, 0) is 36.4 Å². The van der Waals surface area contributed by atoms with E-state index in [-0.39, 0.29) is 11.8 Å². The summed E-state index contributed by atoms with van der Waals surface area (Å²) in [6, 6.07) is 16.6. The van der Waals surface area contributed by atoms with E-state index in [1.165, 1.54) is 0 Å². The molecule has 0 spiro atoms. The zero-order valence-electron chi connectivity index (χ0n) is 15.4. The van der Waals surface area contributed by atoms with Gasteiger partial charge in [0.2, 0.25) is 5.91 Å². The van der Waals surface area contributed by atoms with E-state index in [0.717, 1.165) is 11.3 Å².